The first-order valence-corrected chi connectivity index (χ1v) is 12.2. The Hall–Kier alpha value is -4.45. The minimum Gasteiger partial charge on any atom is -0.505 e. The second kappa shape index (κ2) is 8.89. The maximum Gasteiger partial charge on any atom is 0.335 e. The number of hydrogen-bond donors (Lipinski definition) is 2. The molecule has 0 saturated carbocycles. The standard InChI is InChI=1S/C31H29N3O3/c1-30(2,21-11-7-5-8-12-21)23-18-24(31(3,4)22-13-9-6-10-14-22)28(35)27(19-23)34-32-25-16-15-20(29(36)37)17-26(25)33-34/h5-19,35H,1-4H3,(H,36,37). The van der Waals surface area contributed by atoms with Crippen LogP contribution < -0.4 is 0 Å². The Morgan fingerprint density at radius 2 is 1.27 bits per heavy atom. The number of aromatic carboxylic acids is 1. The zero-order chi connectivity index (χ0) is 26.4. The topological polar surface area (TPSA) is 88.2 Å². The van der Waals surface area contributed by atoms with Crippen molar-refractivity contribution in [2.75, 3.05) is 0 Å². The Kier molecular flexibility index (Phi) is 5.83. The average Bonchev–Trinajstić information content (AvgIpc) is 3.33. The molecule has 37 heavy (non-hydrogen) atoms. The largest absolute Gasteiger partial charge is 0.505 e. The molecule has 0 aliphatic carbocycles. The maximum atomic E-state index is 11.7. The number of fused-ring (bicyclic) bond motifs is 1. The molecular formula is C31H29N3O3. The van der Waals surface area contributed by atoms with Gasteiger partial charge in [-0.3, -0.25) is 0 Å². The van der Waals surface area contributed by atoms with Crippen molar-refractivity contribution >= 4 is 17.0 Å². The van der Waals surface area contributed by atoms with Gasteiger partial charge in [-0.2, -0.15) is 0 Å². The van der Waals surface area contributed by atoms with E-state index in [1.54, 1.807) is 6.07 Å². The molecule has 0 atom stereocenters. The lowest BCUT2D eigenvalue weighted by atomic mass is 9.72. The Balaban J connectivity index is 1.76. The van der Waals surface area contributed by atoms with E-state index in [0.29, 0.717) is 16.7 Å². The molecule has 0 unspecified atom stereocenters. The van der Waals surface area contributed by atoms with E-state index in [0.717, 1.165) is 22.3 Å². The molecule has 0 bridgehead atoms. The molecule has 0 fully saturated rings. The van der Waals surface area contributed by atoms with Gasteiger partial charge >= 0.3 is 5.97 Å². The number of nitrogens with zero attached hydrogens (tertiary/aromatic N) is 3. The molecule has 0 aliphatic rings. The second-order valence-corrected chi connectivity index (χ2v) is 10.4. The van der Waals surface area contributed by atoms with Crippen LogP contribution in [-0.2, 0) is 10.8 Å². The molecule has 186 valence electrons. The van der Waals surface area contributed by atoms with E-state index >= 15 is 0 Å². The molecule has 1 aromatic heterocycles. The van der Waals surface area contributed by atoms with Gasteiger partial charge in [0.1, 0.15) is 22.5 Å². The molecular weight excluding hydrogens is 462 g/mol. The summed E-state index contributed by atoms with van der Waals surface area (Å²) in [5.74, 6) is -0.946. The van der Waals surface area contributed by atoms with E-state index in [4.69, 9.17) is 0 Å². The van der Waals surface area contributed by atoms with Gasteiger partial charge in [0.15, 0.2) is 0 Å². The quantitative estimate of drug-likeness (QED) is 0.284. The Morgan fingerprint density at radius 3 is 1.86 bits per heavy atom. The highest BCUT2D eigenvalue weighted by molar-refractivity contribution is 5.92. The number of rotatable bonds is 6. The summed E-state index contributed by atoms with van der Waals surface area (Å²) in [7, 11) is 0. The van der Waals surface area contributed by atoms with Gasteiger partial charge in [-0.1, -0.05) is 94.4 Å². The zero-order valence-electron chi connectivity index (χ0n) is 21.3. The third-order valence-corrected chi connectivity index (χ3v) is 7.32. The predicted octanol–water partition coefficient (Wildman–Crippen LogP) is 6.48. The monoisotopic (exact) mass is 491 g/mol. The molecule has 0 saturated heterocycles. The first-order chi connectivity index (χ1) is 17.6. The molecule has 0 radical (unpaired) electrons. The average molecular weight is 492 g/mol. The van der Waals surface area contributed by atoms with E-state index in [-0.39, 0.29) is 16.7 Å². The highest BCUT2D eigenvalue weighted by atomic mass is 16.4. The molecule has 6 nitrogen and oxygen atoms in total. The van der Waals surface area contributed by atoms with Crippen molar-refractivity contribution in [3.05, 3.63) is 119 Å². The fourth-order valence-electron chi connectivity index (χ4n) is 4.80. The lowest BCUT2D eigenvalue weighted by Crippen LogP contribution is -2.24. The van der Waals surface area contributed by atoms with Crippen molar-refractivity contribution in [2.24, 2.45) is 0 Å². The van der Waals surface area contributed by atoms with Gasteiger partial charge in [-0.15, -0.1) is 15.0 Å². The van der Waals surface area contributed by atoms with E-state index < -0.39 is 11.4 Å². The number of carbonyl (C=O) groups is 1. The Bertz CT molecular complexity index is 1600. The van der Waals surface area contributed by atoms with E-state index in [2.05, 4.69) is 68.2 Å². The third kappa shape index (κ3) is 4.25. The van der Waals surface area contributed by atoms with Gasteiger partial charge in [-0.05, 0) is 41.0 Å². The summed E-state index contributed by atoms with van der Waals surface area (Å²) in [5, 5.41) is 30.2. The smallest absolute Gasteiger partial charge is 0.335 e. The van der Waals surface area contributed by atoms with Crippen molar-refractivity contribution in [1.29, 1.82) is 0 Å². The van der Waals surface area contributed by atoms with Crippen LogP contribution in [-0.4, -0.2) is 31.2 Å². The minimum atomic E-state index is -1.03. The molecule has 0 amide bonds. The summed E-state index contributed by atoms with van der Waals surface area (Å²) >= 11 is 0. The summed E-state index contributed by atoms with van der Waals surface area (Å²) in [6.45, 7) is 8.49. The van der Waals surface area contributed by atoms with Crippen molar-refractivity contribution < 1.29 is 15.0 Å². The molecule has 5 rings (SSSR count). The number of carboxylic acids is 1. The fraction of sp³-hybridized carbons (Fsp3) is 0.194. The first-order valence-electron chi connectivity index (χ1n) is 12.2. The van der Waals surface area contributed by atoms with Gasteiger partial charge < -0.3 is 10.2 Å². The van der Waals surface area contributed by atoms with E-state index in [1.807, 2.05) is 42.5 Å². The SMILES string of the molecule is CC(C)(c1ccccc1)c1cc(-n2nc3ccc(C(=O)O)cc3n2)c(O)c(C(C)(C)c2ccccc2)c1. The Morgan fingerprint density at radius 1 is 0.703 bits per heavy atom. The summed E-state index contributed by atoms with van der Waals surface area (Å²) in [6, 6.07) is 28.9. The van der Waals surface area contributed by atoms with Crippen LogP contribution in [0.2, 0.25) is 0 Å². The number of carboxylic acid groups (broad SMARTS) is 1. The van der Waals surface area contributed by atoms with Gasteiger partial charge in [0.05, 0.1) is 5.56 Å². The number of aromatic nitrogens is 3. The third-order valence-electron chi connectivity index (χ3n) is 7.32. The number of hydrogen-bond acceptors (Lipinski definition) is 4. The summed E-state index contributed by atoms with van der Waals surface area (Å²) < 4.78 is 0. The lowest BCUT2D eigenvalue weighted by molar-refractivity contribution is 0.0697. The molecule has 6 heteroatoms. The summed E-state index contributed by atoms with van der Waals surface area (Å²) in [4.78, 5) is 12.9. The van der Waals surface area contributed by atoms with Crippen LogP contribution in [0.1, 0.15) is 60.3 Å². The zero-order valence-corrected chi connectivity index (χ0v) is 21.3. The van der Waals surface area contributed by atoms with Crippen molar-refractivity contribution in [3.63, 3.8) is 0 Å². The van der Waals surface area contributed by atoms with Crippen LogP contribution >= 0.6 is 0 Å². The van der Waals surface area contributed by atoms with Crippen molar-refractivity contribution in [2.45, 2.75) is 38.5 Å². The molecule has 2 N–H and O–H groups in total. The highest BCUT2D eigenvalue weighted by Crippen LogP contribution is 2.43. The van der Waals surface area contributed by atoms with Crippen LogP contribution in [0.25, 0.3) is 16.7 Å². The normalized spacial score (nSPS) is 12.1. The highest BCUT2D eigenvalue weighted by Gasteiger charge is 2.32. The molecule has 1 heterocycles. The van der Waals surface area contributed by atoms with Crippen LogP contribution in [0, 0.1) is 0 Å². The van der Waals surface area contributed by atoms with Crippen LogP contribution in [0.5, 0.6) is 5.75 Å². The molecule has 5 aromatic rings. The predicted molar refractivity (Wildman–Crippen MR) is 145 cm³/mol. The number of aromatic hydroxyl groups is 1. The fourth-order valence-corrected chi connectivity index (χ4v) is 4.80. The van der Waals surface area contributed by atoms with Crippen molar-refractivity contribution in [1.82, 2.24) is 15.0 Å². The summed E-state index contributed by atoms with van der Waals surface area (Å²) in [5.41, 5.74) is 4.61. The minimum absolute atomic E-state index is 0.0835. The van der Waals surface area contributed by atoms with Crippen molar-refractivity contribution in [3.8, 4) is 11.4 Å². The Labute approximate surface area is 215 Å². The molecule has 0 spiro atoms. The van der Waals surface area contributed by atoms with Gasteiger partial charge in [0.2, 0.25) is 0 Å². The van der Waals surface area contributed by atoms with E-state index in [1.165, 1.54) is 16.9 Å². The van der Waals surface area contributed by atoms with Gasteiger partial charge in [0.25, 0.3) is 0 Å². The molecule has 0 aliphatic heterocycles. The van der Waals surface area contributed by atoms with E-state index in [9.17, 15) is 15.0 Å². The number of benzene rings is 4. The summed E-state index contributed by atoms with van der Waals surface area (Å²) in [6.07, 6.45) is 0. The first kappa shape index (κ1) is 24.3. The molecule has 4 aromatic carbocycles. The number of phenols is 1. The van der Waals surface area contributed by atoms with Gasteiger partial charge in [0, 0.05) is 16.4 Å². The van der Waals surface area contributed by atoms with Crippen LogP contribution in [0.3, 0.4) is 0 Å². The number of phenolic OH excluding ortho intramolecular Hbond substituents is 1. The van der Waals surface area contributed by atoms with Crippen LogP contribution in [0.4, 0.5) is 0 Å². The second-order valence-electron chi connectivity index (χ2n) is 10.4. The van der Waals surface area contributed by atoms with Gasteiger partial charge in [-0.25, -0.2) is 4.79 Å². The van der Waals surface area contributed by atoms with Crippen LogP contribution in [0.15, 0.2) is 91.0 Å². The lowest BCUT2D eigenvalue weighted by Gasteiger charge is -2.32. The maximum absolute atomic E-state index is 11.7.